The van der Waals surface area contributed by atoms with Crippen LogP contribution in [-0.2, 0) is 9.59 Å². The zero-order chi connectivity index (χ0) is 14.5. The molecule has 0 saturated carbocycles. The molecule has 1 aromatic carbocycles. The summed E-state index contributed by atoms with van der Waals surface area (Å²) in [5, 5.41) is 5.28. The zero-order valence-electron chi connectivity index (χ0n) is 11.2. The molecule has 1 aliphatic rings. The lowest BCUT2D eigenvalue weighted by Crippen LogP contribution is -2.42. The third-order valence-electron chi connectivity index (χ3n) is 2.96. The van der Waals surface area contributed by atoms with Gasteiger partial charge in [-0.3, -0.25) is 15.0 Å². The minimum absolute atomic E-state index is 0.161. The van der Waals surface area contributed by atoms with Gasteiger partial charge in [-0.05, 0) is 24.1 Å². The van der Waals surface area contributed by atoms with Gasteiger partial charge in [0.2, 0.25) is 5.91 Å². The van der Waals surface area contributed by atoms with Gasteiger partial charge in [-0.15, -0.1) is 0 Å². The van der Waals surface area contributed by atoms with E-state index in [1.165, 1.54) is 0 Å². The average molecular weight is 272 g/mol. The fourth-order valence-corrected chi connectivity index (χ4v) is 1.89. The molecule has 2 rings (SSSR count). The van der Waals surface area contributed by atoms with Gasteiger partial charge in [0.1, 0.15) is 6.54 Å². The predicted molar refractivity (Wildman–Crippen MR) is 76.2 cm³/mol. The number of amides is 2. The first-order valence-electron chi connectivity index (χ1n) is 6.21. The van der Waals surface area contributed by atoms with Crippen molar-refractivity contribution >= 4 is 23.6 Å². The SMILES string of the molecule is CC1=NN(CC(=O)NN)C(=O)C/C1=C/c1ccccc1. The van der Waals surface area contributed by atoms with Gasteiger partial charge >= 0.3 is 0 Å². The summed E-state index contributed by atoms with van der Waals surface area (Å²) in [5.41, 5.74) is 4.57. The van der Waals surface area contributed by atoms with Crippen LogP contribution in [0.4, 0.5) is 0 Å². The van der Waals surface area contributed by atoms with E-state index in [0.29, 0.717) is 0 Å². The van der Waals surface area contributed by atoms with E-state index in [4.69, 9.17) is 5.84 Å². The first kappa shape index (κ1) is 14.0. The van der Waals surface area contributed by atoms with Crippen molar-refractivity contribution in [2.24, 2.45) is 10.9 Å². The van der Waals surface area contributed by atoms with E-state index >= 15 is 0 Å². The van der Waals surface area contributed by atoms with Crippen LogP contribution >= 0.6 is 0 Å². The molecular formula is C14H16N4O2. The molecule has 1 heterocycles. The number of hydrazine groups is 1. The maximum Gasteiger partial charge on any atom is 0.255 e. The van der Waals surface area contributed by atoms with Gasteiger partial charge in [0, 0.05) is 0 Å². The summed E-state index contributed by atoms with van der Waals surface area (Å²) in [6, 6.07) is 9.71. The molecule has 2 amide bonds. The molecule has 0 aliphatic carbocycles. The molecule has 0 saturated heterocycles. The summed E-state index contributed by atoms with van der Waals surface area (Å²) in [6.07, 6.45) is 2.15. The number of carbonyl (C=O) groups excluding carboxylic acids is 2. The minimum atomic E-state index is -0.453. The number of carbonyl (C=O) groups is 2. The topological polar surface area (TPSA) is 87.8 Å². The molecule has 3 N–H and O–H groups in total. The summed E-state index contributed by atoms with van der Waals surface area (Å²) >= 11 is 0. The largest absolute Gasteiger partial charge is 0.293 e. The van der Waals surface area contributed by atoms with E-state index in [-0.39, 0.29) is 18.9 Å². The van der Waals surface area contributed by atoms with Crippen LogP contribution in [0.3, 0.4) is 0 Å². The Morgan fingerprint density at radius 2 is 2.15 bits per heavy atom. The van der Waals surface area contributed by atoms with Crippen molar-refractivity contribution in [3.05, 3.63) is 41.5 Å². The number of hydrazone groups is 1. The molecule has 0 bridgehead atoms. The quantitative estimate of drug-likeness (QED) is 0.481. The summed E-state index contributed by atoms with van der Waals surface area (Å²) < 4.78 is 0. The maximum atomic E-state index is 11.9. The van der Waals surface area contributed by atoms with Crippen molar-refractivity contribution in [3.8, 4) is 0 Å². The number of rotatable bonds is 3. The van der Waals surface area contributed by atoms with Gasteiger partial charge in [-0.2, -0.15) is 5.10 Å². The first-order chi connectivity index (χ1) is 9.60. The Kier molecular flexibility index (Phi) is 4.27. The van der Waals surface area contributed by atoms with Crippen LogP contribution in [0, 0.1) is 0 Å². The van der Waals surface area contributed by atoms with Crippen LogP contribution in [0.1, 0.15) is 18.9 Å². The number of hydrogen-bond donors (Lipinski definition) is 2. The Hall–Kier alpha value is -2.47. The molecule has 6 nitrogen and oxygen atoms in total. The average Bonchev–Trinajstić information content (AvgIpc) is 2.45. The van der Waals surface area contributed by atoms with Gasteiger partial charge < -0.3 is 0 Å². The third kappa shape index (κ3) is 3.30. The van der Waals surface area contributed by atoms with Crippen LogP contribution in [-0.4, -0.2) is 29.1 Å². The Morgan fingerprint density at radius 1 is 1.45 bits per heavy atom. The summed E-state index contributed by atoms with van der Waals surface area (Å²) in [7, 11) is 0. The van der Waals surface area contributed by atoms with Gasteiger partial charge in [0.05, 0.1) is 12.1 Å². The van der Waals surface area contributed by atoms with Crippen molar-refractivity contribution in [1.29, 1.82) is 0 Å². The van der Waals surface area contributed by atoms with Crippen LogP contribution in [0.2, 0.25) is 0 Å². The molecular weight excluding hydrogens is 256 g/mol. The number of benzene rings is 1. The lowest BCUT2D eigenvalue weighted by atomic mass is 10.0. The van der Waals surface area contributed by atoms with E-state index in [2.05, 4.69) is 5.10 Å². The molecule has 0 atom stereocenters. The maximum absolute atomic E-state index is 11.9. The lowest BCUT2D eigenvalue weighted by Gasteiger charge is -2.23. The molecule has 0 aromatic heterocycles. The normalized spacial score (nSPS) is 17.1. The second-order valence-electron chi connectivity index (χ2n) is 4.46. The van der Waals surface area contributed by atoms with E-state index < -0.39 is 5.91 Å². The Morgan fingerprint density at radius 3 is 2.80 bits per heavy atom. The zero-order valence-corrected chi connectivity index (χ0v) is 11.2. The molecule has 0 fully saturated rings. The van der Waals surface area contributed by atoms with Crippen LogP contribution in [0.25, 0.3) is 6.08 Å². The molecule has 0 radical (unpaired) electrons. The monoisotopic (exact) mass is 272 g/mol. The van der Waals surface area contributed by atoms with E-state index in [9.17, 15) is 9.59 Å². The molecule has 1 aliphatic heterocycles. The summed E-state index contributed by atoms with van der Waals surface area (Å²) in [4.78, 5) is 23.1. The van der Waals surface area contributed by atoms with Gasteiger partial charge in [0.25, 0.3) is 5.91 Å². The molecule has 1 aromatic rings. The highest BCUT2D eigenvalue weighted by Crippen LogP contribution is 2.18. The Labute approximate surface area is 116 Å². The Bertz CT molecular complexity index is 578. The van der Waals surface area contributed by atoms with Crippen molar-refractivity contribution in [3.63, 3.8) is 0 Å². The van der Waals surface area contributed by atoms with Crippen LogP contribution in [0.15, 0.2) is 41.0 Å². The van der Waals surface area contributed by atoms with E-state index in [1.807, 2.05) is 48.8 Å². The predicted octanol–water partition coefficient (Wildman–Crippen LogP) is 0.668. The second-order valence-corrected chi connectivity index (χ2v) is 4.46. The number of nitrogens with zero attached hydrogens (tertiary/aromatic N) is 2. The Balaban J connectivity index is 2.20. The lowest BCUT2D eigenvalue weighted by molar-refractivity contribution is -0.135. The molecule has 0 unspecified atom stereocenters. The summed E-state index contributed by atoms with van der Waals surface area (Å²) in [6.45, 7) is 1.65. The highest BCUT2D eigenvalue weighted by atomic mass is 16.2. The second kappa shape index (κ2) is 6.12. The molecule has 104 valence electrons. The first-order valence-corrected chi connectivity index (χ1v) is 6.21. The minimum Gasteiger partial charge on any atom is -0.293 e. The van der Waals surface area contributed by atoms with E-state index in [0.717, 1.165) is 21.9 Å². The van der Waals surface area contributed by atoms with Gasteiger partial charge in [0.15, 0.2) is 0 Å². The molecule has 6 heteroatoms. The standard InChI is InChI=1S/C14H16N4O2/c1-10-12(7-11-5-3-2-4-6-11)8-14(20)18(17-10)9-13(19)16-15/h2-7H,8-9,15H2,1H3,(H,16,19)/b12-7-. The van der Waals surface area contributed by atoms with Crippen molar-refractivity contribution in [2.45, 2.75) is 13.3 Å². The summed E-state index contributed by atoms with van der Waals surface area (Å²) in [5.74, 6) is 4.33. The smallest absolute Gasteiger partial charge is 0.255 e. The van der Waals surface area contributed by atoms with Crippen LogP contribution < -0.4 is 11.3 Å². The number of nitrogens with two attached hydrogens (primary N) is 1. The van der Waals surface area contributed by atoms with Crippen molar-refractivity contribution in [2.75, 3.05) is 6.54 Å². The van der Waals surface area contributed by atoms with Crippen molar-refractivity contribution in [1.82, 2.24) is 10.4 Å². The molecule has 0 spiro atoms. The fraction of sp³-hybridized carbons (Fsp3) is 0.214. The number of hydrogen-bond acceptors (Lipinski definition) is 4. The van der Waals surface area contributed by atoms with Crippen molar-refractivity contribution < 1.29 is 9.59 Å². The van der Waals surface area contributed by atoms with Crippen LogP contribution in [0.5, 0.6) is 0 Å². The highest BCUT2D eigenvalue weighted by molar-refractivity contribution is 6.08. The fourth-order valence-electron chi connectivity index (χ4n) is 1.89. The van der Waals surface area contributed by atoms with E-state index in [1.54, 1.807) is 0 Å². The highest BCUT2D eigenvalue weighted by Gasteiger charge is 2.23. The third-order valence-corrected chi connectivity index (χ3v) is 2.96. The van der Waals surface area contributed by atoms with Gasteiger partial charge in [-0.25, -0.2) is 10.9 Å². The molecule has 20 heavy (non-hydrogen) atoms. The number of nitrogens with one attached hydrogen (secondary N) is 1. The van der Waals surface area contributed by atoms with Gasteiger partial charge in [-0.1, -0.05) is 30.3 Å².